The first-order valence-corrected chi connectivity index (χ1v) is 6.36. The highest BCUT2D eigenvalue weighted by molar-refractivity contribution is 5.61. The van der Waals surface area contributed by atoms with Gasteiger partial charge in [0, 0.05) is 26.6 Å². The molecule has 1 unspecified atom stereocenters. The lowest BCUT2D eigenvalue weighted by molar-refractivity contribution is -0.385. The van der Waals surface area contributed by atoms with Crippen molar-refractivity contribution in [1.82, 2.24) is 9.78 Å². The van der Waals surface area contributed by atoms with Crippen molar-refractivity contribution in [1.29, 1.82) is 0 Å². The highest BCUT2D eigenvalue weighted by Gasteiger charge is 2.30. The van der Waals surface area contributed by atoms with Crippen LogP contribution in [0, 0.1) is 10.1 Å². The second-order valence-electron chi connectivity index (χ2n) is 5.15. The van der Waals surface area contributed by atoms with E-state index >= 15 is 0 Å². The first kappa shape index (κ1) is 15.4. The fraction of sp³-hybridized carbons (Fsp3) is 0.750. The first-order chi connectivity index (χ1) is 8.75. The summed E-state index contributed by atoms with van der Waals surface area (Å²) in [6.07, 6.45) is 0.120. The van der Waals surface area contributed by atoms with Gasteiger partial charge < -0.3 is 10.0 Å². The smallest absolute Gasteiger partial charge is 0.334 e. The standard InChI is InChI=1S/C12H22N4O3/c1-8(2)10-11(16(18)19)12(15(5)13-10)14(4)7-6-9(3)17/h8-9,17H,6-7H2,1-5H3. The maximum atomic E-state index is 11.3. The van der Waals surface area contributed by atoms with Gasteiger partial charge in [0.1, 0.15) is 5.69 Å². The topological polar surface area (TPSA) is 84.4 Å². The summed E-state index contributed by atoms with van der Waals surface area (Å²) < 4.78 is 1.54. The molecule has 0 fully saturated rings. The van der Waals surface area contributed by atoms with E-state index in [4.69, 9.17) is 0 Å². The van der Waals surface area contributed by atoms with Gasteiger partial charge in [-0.2, -0.15) is 5.10 Å². The van der Waals surface area contributed by atoms with Gasteiger partial charge in [-0.3, -0.25) is 10.1 Å². The zero-order valence-corrected chi connectivity index (χ0v) is 12.1. The van der Waals surface area contributed by atoms with Crippen LogP contribution in [0.4, 0.5) is 11.5 Å². The fourth-order valence-electron chi connectivity index (χ4n) is 2.00. The Bertz CT molecular complexity index is 454. The number of hydrogen-bond donors (Lipinski definition) is 1. The first-order valence-electron chi connectivity index (χ1n) is 6.36. The van der Waals surface area contributed by atoms with Gasteiger partial charge in [-0.15, -0.1) is 0 Å². The third-order valence-corrected chi connectivity index (χ3v) is 2.99. The van der Waals surface area contributed by atoms with Crippen LogP contribution < -0.4 is 4.90 Å². The molecule has 1 rings (SSSR count). The zero-order chi connectivity index (χ0) is 14.7. The van der Waals surface area contributed by atoms with Crippen LogP contribution >= 0.6 is 0 Å². The number of aryl methyl sites for hydroxylation is 1. The molecule has 0 saturated heterocycles. The van der Waals surface area contributed by atoms with Crippen molar-refractivity contribution in [2.24, 2.45) is 7.05 Å². The van der Waals surface area contributed by atoms with Crippen molar-refractivity contribution in [3.05, 3.63) is 15.8 Å². The number of rotatable bonds is 6. The van der Waals surface area contributed by atoms with E-state index in [0.717, 1.165) is 0 Å². The lowest BCUT2D eigenvalue weighted by atomic mass is 10.1. The Kier molecular flexibility index (Phi) is 4.88. The molecule has 0 spiro atoms. The summed E-state index contributed by atoms with van der Waals surface area (Å²) in [5.41, 5.74) is 0.553. The number of hydrogen-bond acceptors (Lipinski definition) is 5. The Labute approximate surface area is 113 Å². The van der Waals surface area contributed by atoms with Crippen molar-refractivity contribution in [3.63, 3.8) is 0 Å². The molecule has 19 heavy (non-hydrogen) atoms. The Balaban J connectivity index is 3.15. The summed E-state index contributed by atoms with van der Waals surface area (Å²) in [7, 11) is 3.48. The fourth-order valence-corrected chi connectivity index (χ4v) is 2.00. The number of nitro groups is 1. The van der Waals surface area contributed by atoms with Crippen molar-refractivity contribution >= 4 is 11.5 Å². The van der Waals surface area contributed by atoms with Crippen LogP contribution in [0.5, 0.6) is 0 Å². The van der Waals surface area contributed by atoms with Crippen LogP contribution in [0.1, 0.15) is 38.8 Å². The molecule has 1 N–H and O–H groups in total. The summed E-state index contributed by atoms with van der Waals surface area (Å²) in [5.74, 6) is 0.472. The van der Waals surface area contributed by atoms with E-state index < -0.39 is 6.10 Å². The Morgan fingerprint density at radius 2 is 2.05 bits per heavy atom. The lowest BCUT2D eigenvalue weighted by Crippen LogP contribution is -2.24. The van der Waals surface area contributed by atoms with Crippen LogP contribution in [0.2, 0.25) is 0 Å². The number of aliphatic hydroxyl groups excluding tert-OH is 1. The lowest BCUT2D eigenvalue weighted by Gasteiger charge is -2.19. The van der Waals surface area contributed by atoms with E-state index in [-0.39, 0.29) is 16.5 Å². The molecule has 0 aliphatic heterocycles. The molecule has 7 heteroatoms. The molecule has 1 atom stereocenters. The summed E-state index contributed by atoms with van der Waals surface area (Å²) in [6.45, 7) is 6.00. The molecule has 1 aromatic heterocycles. The van der Waals surface area contributed by atoms with Crippen LogP contribution in [0.25, 0.3) is 0 Å². The summed E-state index contributed by atoms with van der Waals surface area (Å²) in [5, 5.41) is 24.8. The molecule has 0 aromatic carbocycles. The van der Waals surface area contributed by atoms with Gasteiger partial charge in [0.15, 0.2) is 0 Å². The number of aliphatic hydroxyl groups is 1. The van der Waals surface area contributed by atoms with E-state index in [0.29, 0.717) is 24.5 Å². The summed E-state index contributed by atoms with van der Waals surface area (Å²) in [4.78, 5) is 12.7. The number of aromatic nitrogens is 2. The van der Waals surface area contributed by atoms with Crippen LogP contribution in [-0.2, 0) is 7.05 Å². The minimum Gasteiger partial charge on any atom is -0.393 e. The van der Waals surface area contributed by atoms with E-state index in [1.807, 2.05) is 13.8 Å². The highest BCUT2D eigenvalue weighted by atomic mass is 16.6. The average Bonchev–Trinajstić information content (AvgIpc) is 2.64. The van der Waals surface area contributed by atoms with E-state index in [1.54, 1.807) is 25.9 Å². The summed E-state index contributed by atoms with van der Waals surface area (Å²) >= 11 is 0. The Morgan fingerprint density at radius 1 is 1.47 bits per heavy atom. The highest BCUT2D eigenvalue weighted by Crippen LogP contribution is 2.34. The molecule has 0 saturated carbocycles. The normalized spacial score (nSPS) is 12.8. The molecule has 7 nitrogen and oxygen atoms in total. The van der Waals surface area contributed by atoms with Crippen LogP contribution in [0.3, 0.4) is 0 Å². The molecular weight excluding hydrogens is 248 g/mol. The predicted octanol–water partition coefficient (Wildman–Crippen LogP) is 1.66. The monoisotopic (exact) mass is 270 g/mol. The molecule has 0 bridgehead atoms. The molecule has 0 aliphatic carbocycles. The van der Waals surface area contributed by atoms with Crippen molar-refractivity contribution in [2.45, 2.75) is 39.2 Å². The molecule has 1 heterocycles. The zero-order valence-electron chi connectivity index (χ0n) is 12.1. The maximum absolute atomic E-state index is 11.3. The Hall–Kier alpha value is -1.63. The maximum Gasteiger partial charge on any atom is 0.334 e. The van der Waals surface area contributed by atoms with Crippen molar-refractivity contribution in [2.75, 3.05) is 18.5 Å². The SMILES string of the molecule is CC(O)CCN(C)c1c([N+](=O)[O-])c(C(C)C)nn1C. The van der Waals surface area contributed by atoms with Crippen molar-refractivity contribution in [3.8, 4) is 0 Å². The van der Waals surface area contributed by atoms with Gasteiger partial charge in [-0.25, -0.2) is 4.68 Å². The van der Waals surface area contributed by atoms with E-state index in [1.165, 1.54) is 4.68 Å². The number of nitrogens with zero attached hydrogens (tertiary/aromatic N) is 4. The van der Waals surface area contributed by atoms with Gasteiger partial charge in [-0.1, -0.05) is 13.8 Å². The average molecular weight is 270 g/mol. The van der Waals surface area contributed by atoms with Gasteiger partial charge >= 0.3 is 5.69 Å². The molecule has 0 amide bonds. The van der Waals surface area contributed by atoms with Crippen LogP contribution in [-0.4, -0.2) is 39.5 Å². The minimum absolute atomic E-state index is 0.00878. The molecule has 108 valence electrons. The van der Waals surface area contributed by atoms with E-state index in [2.05, 4.69) is 5.10 Å². The second-order valence-corrected chi connectivity index (χ2v) is 5.15. The second kappa shape index (κ2) is 6.01. The molecule has 1 aromatic rings. The molecular formula is C12H22N4O3. The minimum atomic E-state index is -0.431. The number of anilines is 1. The van der Waals surface area contributed by atoms with Gasteiger partial charge in [0.2, 0.25) is 5.82 Å². The van der Waals surface area contributed by atoms with Crippen LogP contribution in [0.15, 0.2) is 0 Å². The van der Waals surface area contributed by atoms with Gasteiger partial charge in [0.05, 0.1) is 11.0 Å². The third-order valence-electron chi connectivity index (χ3n) is 2.99. The molecule has 0 radical (unpaired) electrons. The third kappa shape index (κ3) is 3.44. The quantitative estimate of drug-likeness (QED) is 0.627. The van der Waals surface area contributed by atoms with Gasteiger partial charge in [0.25, 0.3) is 0 Å². The van der Waals surface area contributed by atoms with Crippen molar-refractivity contribution < 1.29 is 10.0 Å². The summed E-state index contributed by atoms with van der Waals surface area (Å²) in [6, 6.07) is 0. The molecule has 0 aliphatic rings. The Morgan fingerprint density at radius 3 is 2.47 bits per heavy atom. The largest absolute Gasteiger partial charge is 0.393 e. The predicted molar refractivity (Wildman–Crippen MR) is 73.5 cm³/mol. The van der Waals surface area contributed by atoms with Gasteiger partial charge in [-0.05, 0) is 13.3 Å². The van der Waals surface area contributed by atoms with E-state index in [9.17, 15) is 15.2 Å².